The van der Waals surface area contributed by atoms with Gasteiger partial charge in [-0.2, -0.15) is 0 Å². The molecule has 4 heterocycles. The number of carbonyl (C=O) groups is 1. The van der Waals surface area contributed by atoms with Crippen LogP contribution in [-0.2, 0) is 9.53 Å². The molecule has 0 spiro atoms. The van der Waals surface area contributed by atoms with E-state index in [1.165, 1.54) is 6.08 Å². The summed E-state index contributed by atoms with van der Waals surface area (Å²) >= 11 is 11.9. The molecule has 2 nitrogen and oxygen atoms in total. The van der Waals surface area contributed by atoms with Crippen molar-refractivity contribution in [2.45, 2.75) is 34.4 Å². The van der Waals surface area contributed by atoms with Crippen molar-refractivity contribution in [2.24, 2.45) is 0 Å². The van der Waals surface area contributed by atoms with E-state index >= 15 is 0 Å². The van der Waals surface area contributed by atoms with E-state index in [0.29, 0.717) is 6.61 Å². The smallest absolute Gasteiger partial charge is 0.330 e. The highest BCUT2D eigenvalue weighted by Gasteiger charge is 2.68. The molecular formula is C11H14O2S6. The van der Waals surface area contributed by atoms with E-state index in [0.717, 1.165) is 0 Å². The van der Waals surface area contributed by atoms with Gasteiger partial charge in [0, 0.05) is 6.08 Å². The van der Waals surface area contributed by atoms with E-state index in [1.54, 1.807) is 0 Å². The van der Waals surface area contributed by atoms with Crippen molar-refractivity contribution in [3.8, 4) is 0 Å². The van der Waals surface area contributed by atoms with Gasteiger partial charge in [0.2, 0.25) is 0 Å². The van der Waals surface area contributed by atoms with Crippen LogP contribution in [0.1, 0.15) is 20.8 Å². The second kappa shape index (κ2) is 4.65. The van der Waals surface area contributed by atoms with Gasteiger partial charge in [-0.1, -0.05) is 6.58 Å². The van der Waals surface area contributed by atoms with Gasteiger partial charge in [-0.25, -0.2) is 4.79 Å². The van der Waals surface area contributed by atoms with Crippen molar-refractivity contribution in [3.05, 3.63) is 12.7 Å². The molecule has 0 aromatic carbocycles. The maximum atomic E-state index is 11.4. The average molecular weight is 371 g/mol. The monoisotopic (exact) mass is 370 g/mol. The summed E-state index contributed by atoms with van der Waals surface area (Å²) < 4.78 is 5.71. The summed E-state index contributed by atoms with van der Waals surface area (Å²) in [4.78, 5) is 11.4. The fraction of sp³-hybridized carbons (Fsp3) is 0.727. The molecule has 4 aliphatic rings. The van der Waals surface area contributed by atoms with E-state index in [-0.39, 0.29) is 19.6 Å². The van der Waals surface area contributed by atoms with Gasteiger partial charge in [0.1, 0.15) is 20.3 Å². The Bertz CT molecular complexity index is 399. The second-order valence-corrected chi connectivity index (χ2v) is 18.5. The zero-order valence-electron chi connectivity index (χ0n) is 10.8. The minimum Gasteiger partial charge on any atom is -0.459 e. The molecule has 0 saturated carbocycles. The summed E-state index contributed by atoms with van der Waals surface area (Å²) in [5, 5.41) is 0. The summed E-state index contributed by atoms with van der Waals surface area (Å²) in [6.07, 6.45) is 1.24. The molecule has 0 atom stereocenters. The standard InChI is InChI=1S/C11H14O2S6/c1-5-7(12)13-6-11-17-8(2)14-9(3,18-11)16-10(4,15-8)19-11/h5H,1,6H2,2-4H3. The first-order valence-electron chi connectivity index (χ1n) is 5.70. The van der Waals surface area contributed by atoms with E-state index in [1.807, 2.05) is 70.6 Å². The molecule has 4 bridgehead atoms. The number of rotatable bonds is 3. The number of hydrogen-bond donors (Lipinski definition) is 0. The highest BCUT2D eigenvalue weighted by molar-refractivity contribution is 8.64. The molecule has 4 aliphatic heterocycles. The first-order valence-corrected chi connectivity index (χ1v) is 10.6. The van der Waals surface area contributed by atoms with Crippen LogP contribution < -0.4 is 0 Å². The van der Waals surface area contributed by atoms with Crippen LogP contribution in [0.25, 0.3) is 0 Å². The van der Waals surface area contributed by atoms with Crippen molar-refractivity contribution in [1.29, 1.82) is 0 Å². The Morgan fingerprint density at radius 2 is 1.42 bits per heavy atom. The van der Waals surface area contributed by atoms with E-state index < -0.39 is 0 Å². The van der Waals surface area contributed by atoms with Crippen LogP contribution in [0.5, 0.6) is 0 Å². The SMILES string of the molecule is C=CC(=O)OCC12SC3(C)SC(C)(SC(C)(S3)S1)S2. The average Bonchev–Trinajstić information content (AvgIpc) is 2.19. The number of carbonyl (C=O) groups excluding carboxylic acids is 1. The molecule has 106 valence electrons. The molecule has 4 saturated heterocycles. The Labute approximate surface area is 139 Å². The maximum Gasteiger partial charge on any atom is 0.330 e. The molecular weight excluding hydrogens is 357 g/mol. The van der Waals surface area contributed by atoms with Gasteiger partial charge in [-0.15, -0.1) is 70.6 Å². The summed E-state index contributed by atoms with van der Waals surface area (Å²) in [7, 11) is 0. The minimum absolute atomic E-state index is 0.0847. The molecule has 0 radical (unpaired) electrons. The minimum atomic E-state index is -0.328. The molecule has 4 rings (SSSR count). The van der Waals surface area contributed by atoms with Crippen LogP contribution in [0.3, 0.4) is 0 Å². The van der Waals surface area contributed by atoms with Crippen molar-refractivity contribution < 1.29 is 9.53 Å². The van der Waals surface area contributed by atoms with E-state index in [4.69, 9.17) is 4.74 Å². The summed E-state index contributed by atoms with van der Waals surface area (Å²) in [5.41, 5.74) is 0. The Kier molecular flexibility index (Phi) is 3.72. The number of hydrogen-bond acceptors (Lipinski definition) is 8. The van der Waals surface area contributed by atoms with Crippen LogP contribution in [0.2, 0.25) is 0 Å². The van der Waals surface area contributed by atoms with Crippen molar-refractivity contribution in [2.75, 3.05) is 6.61 Å². The normalized spacial score (nSPS) is 51.1. The van der Waals surface area contributed by atoms with Gasteiger partial charge < -0.3 is 4.74 Å². The molecule has 4 fully saturated rings. The van der Waals surface area contributed by atoms with Gasteiger partial charge in [0.05, 0.1) is 0 Å². The van der Waals surface area contributed by atoms with Crippen LogP contribution in [0.15, 0.2) is 12.7 Å². The highest BCUT2D eigenvalue weighted by Crippen LogP contribution is 2.88. The predicted octanol–water partition coefficient (Wildman–Crippen LogP) is 4.83. The van der Waals surface area contributed by atoms with E-state index in [2.05, 4.69) is 27.4 Å². The molecule has 8 heteroatoms. The molecule has 19 heavy (non-hydrogen) atoms. The molecule has 0 aromatic heterocycles. The molecule has 0 amide bonds. The van der Waals surface area contributed by atoms with Crippen LogP contribution in [0, 0.1) is 0 Å². The Morgan fingerprint density at radius 1 is 1.00 bits per heavy atom. The largest absolute Gasteiger partial charge is 0.459 e. The predicted molar refractivity (Wildman–Crippen MR) is 94.6 cm³/mol. The maximum absolute atomic E-state index is 11.4. The zero-order chi connectivity index (χ0) is 13.9. The quantitative estimate of drug-likeness (QED) is 0.515. The lowest BCUT2D eigenvalue weighted by Gasteiger charge is -2.64. The summed E-state index contributed by atoms with van der Waals surface area (Å²) in [6.45, 7) is 10.8. The summed E-state index contributed by atoms with van der Waals surface area (Å²) in [6, 6.07) is 0. The molecule has 0 aromatic rings. The van der Waals surface area contributed by atoms with E-state index in [9.17, 15) is 4.79 Å². The topological polar surface area (TPSA) is 26.3 Å². The van der Waals surface area contributed by atoms with Gasteiger partial charge in [-0.3, -0.25) is 0 Å². The third-order valence-electron chi connectivity index (χ3n) is 2.69. The van der Waals surface area contributed by atoms with Crippen molar-refractivity contribution in [3.63, 3.8) is 0 Å². The third-order valence-corrected chi connectivity index (χ3v) is 13.3. The van der Waals surface area contributed by atoms with Gasteiger partial charge >= 0.3 is 5.97 Å². The third kappa shape index (κ3) is 2.82. The first kappa shape index (κ1) is 15.2. The Hall–Kier alpha value is 1.31. The lowest BCUT2D eigenvalue weighted by Crippen LogP contribution is -2.52. The van der Waals surface area contributed by atoms with Crippen molar-refractivity contribution >= 4 is 76.5 Å². The van der Waals surface area contributed by atoms with Crippen molar-refractivity contribution in [1.82, 2.24) is 0 Å². The highest BCUT2D eigenvalue weighted by atomic mass is 32.4. The molecule has 0 unspecified atom stereocenters. The Morgan fingerprint density at radius 3 is 1.79 bits per heavy atom. The van der Waals surface area contributed by atoms with Gasteiger partial charge in [0.25, 0.3) is 0 Å². The lowest BCUT2D eigenvalue weighted by molar-refractivity contribution is -0.137. The van der Waals surface area contributed by atoms with Crippen LogP contribution in [0.4, 0.5) is 0 Å². The molecule has 0 aliphatic carbocycles. The lowest BCUT2D eigenvalue weighted by atomic mass is 10.6. The first-order chi connectivity index (χ1) is 8.70. The fourth-order valence-corrected chi connectivity index (χ4v) is 23.8. The summed E-state index contributed by atoms with van der Waals surface area (Å²) in [5.74, 6) is -0.328. The van der Waals surface area contributed by atoms with Gasteiger partial charge in [-0.05, 0) is 20.8 Å². The second-order valence-electron chi connectivity index (χ2n) is 4.69. The van der Waals surface area contributed by atoms with Crippen LogP contribution in [-0.4, -0.2) is 26.2 Å². The van der Waals surface area contributed by atoms with Crippen LogP contribution >= 0.6 is 70.6 Å². The number of esters is 1. The fourth-order valence-electron chi connectivity index (χ4n) is 2.41. The van der Waals surface area contributed by atoms with Gasteiger partial charge in [0.15, 0.2) is 0 Å². The zero-order valence-corrected chi connectivity index (χ0v) is 15.7. The number of ether oxygens (including phenoxy) is 1. The molecule has 0 N–H and O–H groups in total. The Balaban J connectivity index is 1.86. The number of thioether (sulfide) groups is 6.